The van der Waals surface area contributed by atoms with Gasteiger partial charge < -0.3 is 14.8 Å². The van der Waals surface area contributed by atoms with Crippen LogP contribution in [0.4, 0.5) is 0 Å². The van der Waals surface area contributed by atoms with Gasteiger partial charge in [-0.1, -0.05) is 194 Å². The van der Waals surface area contributed by atoms with E-state index >= 15 is 0 Å². The zero-order valence-electron chi connectivity index (χ0n) is 31.1. The van der Waals surface area contributed by atoms with Crippen LogP contribution in [0.1, 0.15) is 233 Å². The number of hydrogen-bond donors (Lipinski definition) is 0. The Hall–Kier alpha value is 1.07. The van der Waals surface area contributed by atoms with Crippen LogP contribution >= 0.6 is 0 Å². The van der Waals surface area contributed by atoms with Crippen LogP contribution in [-0.4, -0.2) is 30.0 Å². The normalized spacial score (nSPS) is 12.1. The molecule has 258 valence electrons. The number of carbonyl (C=O) groups excluding carboxylic acids is 1. The van der Waals surface area contributed by atoms with Crippen molar-refractivity contribution in [3.05, 3.63) is 0 Å². The van der Waals surface area contributed by atoms with E-state index in [1.165, 1.54) is 206 Å². The zero-order chi connectivity index (χ0) is 31.5. The number of rotatable bonds is 37. The Morgan fingerprint density at radius 2 is 0.705 bits per heavy atom. The van der Waals surface area contributed by atoms with Crippen molar-refractivity contribution in [2.24, 2.45) is 0 Å². The molecular weight excluding hydrogens is 566 g/mol. The predicted molar refractivity (Wildman–Crippen MR) is 190 cm³/mol. The van der Waals surface area contributed by atoms with Gasteiger partial charge in [0, 0.05) is 12.0 Å². The molecule has 0 fully saturated rings. The second-order valence-electron chi connectivity index (χ2n) is 14.0. The van der Waals surface area contributed by atoms with E-state index in [1.54, 1.807) is 0 Å². The van der Waals surface area contributed by atoms with Gasteiger partial charge in [0.05, 0.1) is 0 Å². The molecule has 0 bridgehead atoms. The van der Waals surface area contributed by atoms with Crippen molar-refractivity contribution in [1.29, 1.82) is 0 Å². The summed E-state index contributed by atoms with van der Waals surface area (Å²) in [5.41, 5.74) is 0. The molecule has 0 saturated heterocycles. The van der Waals surface area contributed by atoms with E-state index in [4.69, 9.17) is 0 Å². The summed E-state index contributed by atoms with van der Waals surface area (Å²) in [5, 5.41) is 10.9. The van der Waals surface area contributed by atoms with Crippen molar-refractivity contribution in [2.75, 3.05) is 13.1 Å². The molecule has 4 heteroatoms. The Labute approximate surface area is 321 Å². The average Bonchev–Trinajstić information content (AvgIpc) is 2.99. The van der Waals surface area contributed by atoms with Crippen LogP contribution < -0.4 is 56.5 Å². The van der Waals surface area contributed by atoms with E-state index in [-0.39, 0.29) is 57.8 Å². The van der Waals surface area contributed by atoms with E-state index < -0.39 is 5.97 Å². The van der Waals surface area contributed by atoms with Gasteiger partial charge in [-0.3, -0.25) is 0 Å². The number of nitrogens with zero attached hydrogens (tertiary/aromatic N) is 1. The van der Waals surface area contributed by atoms with Crippen LogP contribution in [-0.2, 0) is 4.79 Å². The third-order valence-electron chi connectivity index (χ3n) is 9.72. The molecule has 1 atom stereocenters. The molecule has 0 spiro atoms. The second-order valence-corrected chi connectivity index (χ2v) is 14.0. The summed E-state index contributed by atoms with van der Waals surface area (Å²) >= 11 is 0. The molecule has 0 heterocycles. The van der Waals surface area contributed by atoms with Gasteiger partial charge in [-0.2, -0.15) is 0 Å². The zero-order valence-corrected chi connectivity index (χ0v) is 34.2. The maximum atomic E-state index is 10.9. The molecular formula is C40H80KNO2. The first-order chi connectivity index (χ1) is 21.1. The molecule has 0 aromatic rings. The van der Waals surface area contributed by atoms with Crippen LogP contribution in [0.3, 0.4) is 0 Å². The molecule has 0 aliphatic rings. The number of carbonyl (C=O) groups is 1. The van der Waals surface area contributed by atoms with Crippen molar-refractivity contribution in [1.82, 2.24) is 4.90 Å². The smallest absolute Gasteiger partial charge is 0.550 e. The topological polar surface area (TPSA) is 43.4 Å². The summed E-state index contributed by atoms with van der Waals surface area (Å²) in [6.07, 6.45) is 44.2. The Balaban J connectivity index is 0. The maximum absolute atomic E-state index is 10.9. The van der Waals surface area contributed by atoms with Gasteiger partial charge in [0.2, 0.25) is 0 Å². The minimum Gasteiger partial charge on any atom is -0.550 e. The summed E-state index contributed by atoms with van der Waals surface area (Å²) in [4.78, 5) is 13.5. The number of carboxylic acids is 1. The minimum absolute atomic E-state index is 0. The molecule has 0 radical (unpaired) electrons. The van der Waals surface area contributed by atoms with E-state index in [0.29, 0.717) is 6.04 Å². The van der Waals surface area contributed by atoms with Crippen LogP contribution in [0.15, 0.2) is 0 Å². The fraction of sp³-hybridized carbons (Fsp3) is 0.975. The quantitative estimate of drug-likeness (QED) is 0.0500. The maximum Gasteiger partial charge on any atom is 1.00 e. The summed E-state index contributed by atoms with van der Waals surface area (Å²) < 4.78 is 0. The van der Waals surface area contributed by atoms with E-state index in [2.05, 4.69) is 25.7 Å². The Kier molecular flexibility index (Phi) is 43.2. The third kappa shape index (κ3) is 37.5. The van der Waals surface area contributed by atoms with Crippen LogP contribution in [0, 0.1) is 0 Å². The summed E-state index contributed by atoms with van der Waals surface area (Å²) in [6, 6.07) is 0.484. The van der Waals surface area contributed by atoms with Gasteiger partial charge in [-0.25, -0.2) is 0 Å². The average molecular weight is 646 g/mol. The van der Waals surface area contributed by atoms with Crippen LogP contribution in [0.25, 0.3) is 0 Å². The van der Waals surface area contributed by atoms with Gasteiger partial charge in [0.1, 0.15) is 0 Å². The van der Waals surface area contributed by atoms with Gasteiger partial charge in [-0.05, 0) is 52.1 Å². The van der Waals surface area contributed by atoms with E-state index in [1.807, 2.05) is 0 Å². The molecule has 0 aliphatic carbocycles. The largest absolute Gasteiger partial charge is 1.00 e. The minimum atomic E-state index is -0.899. The van der Waals surface area contributed by atoms with Crippen molar-refractivity contribution in [3.8, 4) is 0 Å². The molecule has 44 heavy (non-hydrogen) atoms. The van der Waals surface area contributed by atoms with Gasteiger partial charge in [0.25, 0.3) is 0 Å². The summed E-state index contributed by atoms with van der Waals surface area (Å²) in [5.74, 6) is -0.899. The van der Waals surface area contributed by atoms with Gasteiger partial charge in [-0.15, -0.1) is 0 Å². The first kappa shape index (κ1) is 47.2. The molecule has 0 aliphatic heterocycles. The summed E-state index contributed by atoms with van der Waals surface area (Å²) in [7, 11) is 0. The standard InChI is InChI=1S/C40H81NO2.K/c1-4-6-8-10-12-14-16-18-20-22-24-26-28-30-32-37-41(39(3)35-34-36-40(42)43)38-33-31-29-27-25-23-21-19-17-15-13-11-9-7-5-2;/h39H,4-38H2,1-3H3,(H,42,43);/q;+1/p-1. The number of aliphatic carboxylic acids is 1. The van der Waals surface area contributed by atoms with Crippen molar-refractivity contribution < 1.29 is 61.3 Å². The number of carboxylic acid groups (broad SMARTS) is 1. The SMILES string of the molecule is CCCCCCCCCCCCCCCCCN(CCCCCCCCCCCCCCCCC)C(C)CCCC(=O)[O-].[K+]. The second kappa shape index (κ2) is 40.2. The van der Waals surface area contributed by atoms with Crippen molar-refractivity contribution >= 4 is 5.97 Å². The van der Waals surface area contributed by atoms with Gasteiger partial charge >= 0.3 is 51.4 Å². The molecule has 3 nitrogen and oxygen atoms in total. The molecule has 0 amide bonds. The Morgan fingerprint density at radius 3 is 0.955 bits per heavy atom. The molecule has 0 saturated carbocycles. The summed E-state index contributed by atoms with van der Waals surface area (Å²) in [6.45, 7) is 9.27. The first-order valence-corrected chi connectivity index (χ1v) is 20.1. The Bertz CT molecular complexity index is 509. The van der Waals surface area contributed by atoms with Crippen LogP contribution in [0.5, 0.6) is 0 Å². The van der Waals surface area contributed by atoms with Gasteiger partial charge in [0.15, 0.2) is 0 Å². The predicted octanol–water partition coefficient (Wildman–Crippen LogP) is 9.34. The van der Waals surface area contributed by atoms with Crippen molar-refractivity contribution in [2.45, 2.75) is 239 Å². The fourth-order valence-electron chi connectivity index (χ4n) is 6.65. The molecule has 0 rings (SSSR count). The number of hydrogen-bond acceptors (Lipinski definition) is 3. The first-order valence-electron chi connectivity index (χ1n) is 20.1. The molecule has 0 N–H and O–H groups in total. The van der Waals surface area contributed by atoms with E-state index in [0.717, 1.165) is 12.8 Å². The molecule has 1 unspecified atom stereocenters. The van der Waals surface area contributed by atoms with Crippen molar-refractivity contribution in [3.63, 3.8) is 0 Å². The van der Waals surface area contributed by atoms with E-state index in [9.17, 15) is 9.90 Å². The monoisotopic (exact) mass is 646 g/mol. The van der Waals surface area contributed by atoms with Crippen LogP contribution in [0.2, 0.25) is 0 Å². The fourth-order valence-corrected chi connectivity index (χ4v) is 6.65. The molecule has 0 aromatic heterocycles. The number of unbranched alkanes of at least 4 members (excludes halogenated alkanes) is 28. The molecule has 0 aromatic carbocycles. The Morgan fingerprint density at radius 1 is 0.455 bits per heavy atom. The third-order valence-corrected chi connectivity index (χ3v) is 9.72.